The molecular weight excluding hydrogens is 393 g/mol. The Bertz CT molecular complexity index is 920. The summed E-state index contributed by atoms with van der Waals surface area (Å²) < 4.78 is 8.44. The molecule has 1 aliphatic heterocycles. The van der Waals surface area contributed by atoms with Crippen LogP contribution in [0.5, 0.6) is 0 Å². The first kappa shape index (κ1) is 17.5. The Hall–Kier alpha value is -1.96. The van der Waals surface area contributed by atoms with E-state index in [1.807, 2.05) is 34.8 Å². The standard InChI is InChI=1S/C19H18BBrN3O2/c21-15-3-1-14(2-4-15)19-17-11-16(12-23-7-9-26-10-8-23)24(20-13-25)18(17)5-6-22-19/h1-6,11,13H,7-10,12H2. The number of pyridine rings is 1. The minimum atomic E-state index is 0.753. The number of benzene rings is 1. The zero-order chi connectivity index (χ0) is 17.9. The fourth-order valence-electron chi connectivity index (χ4n) is 3.39. The summed E-state index contributed by atoms with van der Waals surface area (Å²) in [6.07, 6.45) is 2.63. The van der Waals surface area contributed by atoms with E-state index in [2.05, 4.69) is 31.9 Å². The lowest BCUT2D eigenvalue weighted by Gasteiger charge is -2.26. The van der Waals surface area contributed by atoms with E-state index in [-0.39, 0.29) is 0 Å². The molecule has 3 aromatic rings. The Morgan fingerprint density at radius 1 is 1.19 bits per heavy atom. The molecule has 0 amide bonds. The zero-order valence-corrected chi connectivity index (χ0v) is 15.9. The second-order valence-electron chi connectivity index (χ2n) is 6.28. The molecule has 0 atom stereocenters. The van der Waals surface area contributed by atoms with Gasteiger partial charge in [0.05, 0.1) is 18.9 Å². The van der Waals surface area contributed by atoms with Crippen LogP contribution in [0, 0.1) is 0 Å². The maximum absolute atomic E-state index is 11.2. The molecule has 5 nitrogen and oxygen atoms in total. The SMILES string of the molecule is O=C[B]n1c(CN2CCOCC2)cc2c(-c3ccc(Br)cc3)nccc21. The van der Waals surface area contributed by atoms with Crippen LogP contribution in [-0.4, -0.2) is 54.3 Å². The molecule has 0 N–H and O–H groups in total. The van der Waals surface area contributed by atoms with E-state index in [9.17, 15) is 4.79 Å². The number of hydrogen-bond donors (Lipinski definition) is 0. The van der Waals surface area contributed by atoms with Crippen LogP contribution in [0.3, 0.4) is 0 Å². The molecule has 1 saturated heterocycles. The van der Waals surface area contributed by atoms with Gasteiger partial charge in [-0.2, -0.15) is 0 Å². The van der Waals surface area contributed by atoms with Crippen LogP contribution in [-0.2, 0) is 16.1 Å². The molecule has 2 aromatic heterocycles. The monoisotopic (exact) mass is 410 g/mol. The van der Waals surface area contributed by atoms with Crippen LogP contribution < -0.4 is 0 Å². The summed E-state index contributed by atoms with van der Waals surface area (Å²) in [6.45, 7) is 4.09. The summed E-state index contributed by atoms with van der Waals surface area (Å²) >= 11 is 3.48. The second kappa shape index (κ2) is 7.74. The number of ether oxygens (including phenoxy) is 1. The maximum atomic E-state index is 11.2. The predicted molar refractivity (Wildman–Crippen MR) is 107 cm³/mol. The number of hydrogen-bond acceptors (Lipinski definition) is 4. The number of carbonyl (C=O) groups excluding carboxylic acids is 1. The number of carbonyl (C=O) groups is 1. The summed E-state index contributed by atoms with van der Waals surface area (Å²) in [6, 6.07) is 12.2. The summed E-state index contributed by atoms with van der Waals surface area (Å²) in [5, 5.41) is 1.05. The molecule has 1 aliphatic rings. The summed E-state index contributed by atoms with van der Waals surface area (Å²) in [5.41, 5.74) is 4.06. The van der Waals surface area contributed by atoms with Gasteiger partial charge in [-0.3, -0.25) is 9.88 Å². The van der Waals surface area contributed by atoms with E-state index in [0.29, 0.717) is 0 Å². The summed E-state index contributed by atoms with van der Waals surface area (Å²) in [7, 11) is 1.59. The average Bonchev–Trinajstić information content (AvgIpc) is 3.01. The largest absolute Gasteiger partial charge is 0.384 e. The first-order valence-electron chi connectivity index (χ1n) is 8.60. The molecule has 26 heavy (non-hydrogen) atoms. The molecule has 0 unspecified atom stereocenters. The van der Waals surface area contributed by atoms with Crippen molar-refractivity contribution in [1.29, 1.82) is 0 Å². The van der Waals surface area contributed by atoms with Crippen LogP contribution in [0.4, 0.5) is 0 Å². The molecule has 131 valence electrons. The second-order valence-corrected chi connectivity index (χ2v) is 7.19. The highest BCUT2D eigenvalue weighted by molar-refractivity contribution is 9.10. The predicted octanol–water partition coefficient (Wildman–Crippen LogP) is 2.96. The van der Waals surface area contributed by atoms with Gasteiger partial charge in [0, 0.05) is 52.5 Å². The third-order valence-electron chi connectivity index (χ3n) is 4.66. The van der Waals surface area contributed by atoms with Gasteiger partial charge in [-0.05, 0) is 24.3 Å². The van der Waals surface area contributed by atoms with E-state index >= 15 is 0 Å². The minimum Gasteiger partial charge on any atom is -0.384 e. The van der Waals surface area contributed by atoms with Crippen LogP contribution in [0.25, 0.3) is 22.2 Å². The lowest BCUT2D eigenvalue weighted by atomic mass is 9.97. The van der Waals surface area contributed by atoms with Gasteiger partial charge >= 0.3 is 7.41 Å². The van der Waals surface area contributed by atoms with Crippen molar-refractivity contribution in [3.8, 4) is 11.3 Å². The van der Waals surface area contributed by atoms with Crippen molar-refractivity contribution in [1.82, 2.24) is 14.4 Å². The third kappa shape index (κ3) is 3.47. The number of nitrogens with zero attached hydrogens (tertiary/aromatic N) is 3. The number of rotatable bonds is 5. The topological polar surface area (TPSA) is 47.4 Å². The van der Waals surface area contributed by atoms with Gasteiger partial charge in [0.2, 0.25) is 0 Å². The van der Waals surface area contributed by atoms with Crippen molar-refractivity contribution in [2.24, 2.45) is 0 Å². The number of aromatic nitrogens is 2. The molecule has 0 aliphatic carbocycles. The van der Waals surface area contributed by atoms with Crippen LogP contribution in [0.2, 0.25) is 0 Å². The zero-order valence-electron chi connectivity index (χ0n) is 14.3. The molecule has 1 radical (unpaired) electrons. The highest BCUT2D eigenvalue weighted by Gasteiger charge is 2.17. The molecule has 1 aromatic carbocycles. The quantitative estimate of drug-likeness (QED) is 0.479. The molecule has 7 heteroatoms. The first-order valence-corrected chi connectivity index (χ1v) is 9.39. The van der Waals surface area contributed by atoms with Crippen LogP contribution in [0.15, 0.2) is 47.1 Å². The molecule has 1 fully saturated rings. The molecular formula is C19H18BBrN3O2. The normalized spacial score (nSPS) is 15.3. The smallest absolute Gasteiger partial charge is 0.333 e. The van der Waals surface area contributed by atoms with E-state index in [4.69, 9.17) is 4.74 Å². The highest BCUT2D eigenvalue weighted by Crippen LogP contribution is 2.30. The molecule has 3 heterocycles. The van der Waals surface area contributed by atoms with E-state index in [1.54, 1.807) is 13.6 Å². The Labute approximate surface area is 161 Å². The summed E-state index contributed by atoms with van der Waals surface area (Å²) in [5.74, 6) is 0. The number of fused-ring (bicyclic) bond motifs is 1. The molecule has 0 saturated carbocycles. The minimum absolute atomic E-state index is 0.753. The first-order chi connectivity index (χ1) is 12.8. The van der Waals surface area contributed by atoms with Crippen molar-refractivity contribution in [3.63, 3.8) is 0 Å². The Kier molecular flexibility index (Phi) is 5.20. The lowest BCUT2D eigenvalue weighted by molar-refractivity contribution is 0.0336. The fourth-order valence-corrected chi connectivity index (χ4v) is 3.66. The van der Waals surface area contributed by atoms with Crippen molar-refractivity contribution in [2.75, 3.05) is 26.3 Å². The van der Waals surface area contributed by atoms with Crippen molar-refractivity contribution in [3.05, 3.63) is 52.8 Å². The van der Waals surface area contributed by atoms with Crippen molar-refractivity contribution < 1.29 is 9.53 Å². The van der Waals surface area contributed by atoms with Gasteiger partial charge in [-0.15, -0.1) is 0 Å². The van der Waals surface area contributed by atoms with Crippen molar-refractivity contribution >= 4 is 40.4 Å². The van der Waals surface area contributed by atoms with E-state index in [0.717, 1.165) is 71.4 Å². The number of halogens is 1. The molecule has 0 bridgehead atoms. The Morgan fingerprint density at radius 2 is 1.96 bits per heavy atom. The number of morpholine rings is 1. The fraction of sp³-hybridized carbons (Fsp3) is 0.263. The van der Waals surface area contributed by atoms with Gasteiger partial charge in [-0.25, -0.2) is 0 Å². The summed E-state index contributed by atoms with van der Waals surface area (Å²) in [4.78, 5) is 18.2. The lowest BCUT2D eigenvalue weighted by Crippen LogP contribution is -2.36. The van der Waals surface area contributed by atoms with Gasteiger partial charge in [0.1, 0.15) is 6.19 Å². The average molecular weight is 411 g/mol. The van der Waals surface area contributed by atoms with Gasteiger partial charge in [0.15, 0.2) is 0 Å². The Balaban J connectivity index is 1.79. The van der Waals surface area contributed by atoms with Gasteiger partial charge in [-0.1, -0.05) is 28.1 Å². The highest BCUT2D eigenvalue weighted by atomic mass is 79.9. The van der Waals surface area contributed by atoms with Gasteiger partial charge < -0.3 is 14.0 Å². The van der Waals surface area contributed by atoms with E-state index in [1.165, 1.54) is 0 Å². The van der Waals surface area contributed by atoms with Gasteiger partial charge in [0.25, 0.3) is 0 Å². The van der Waals surface area contributed by atoms with E-state index < -0.39 is 0 Å². The van der Waals surface area contributed by atoms with Crippen LogP contribution >= 0.6 is 15.9 Å². The molecule has 4 rings (SSSR count). The van der Waals surface area contributed by atoms with Crippen molar-refractivity contribution in [2.45, 2.75) is 6.54 Å². The molecule has 0 spiro atoms. The van der Waals surface area contributed by atoms with Crippen LogP contribution in [0.1, 0.15) is 5.69 Å². The third-order valence-corrected chi connectivity index (χ3v) is 5.19. The Morgan fingerprint density at radius 3 is 2.69 bits per heavy atom. The maximum Gasteiger partial charge on any atom is 0.333 e.